The largest absolute Gasteiger partial charge is 0.497 e. The second-order valence-corrected chi connectivity index (χ2v) is 12.1. The molecule has 11 heteroatoms. The van der Waals surface area contributed by atoms with Crippen LogP contribution in [0.2, 0.25) is 5.02 Å². The smallest absolute Gasteiger partial charge is 0.264 e. The first-order valence-corrected chi connectivity index (χ1v) is 14.9. The SMILES string of the molecule is COc1ccc(CN(C(=O)CN(c2cc(Cl)ccc2OC)S(=O)(=O)c2ccccc2)C(C)C(=O)NCC(C)C)cc1. The van der Waals surface area contributed by atoms with E-state index in [1.807, 2.05) is 13.8 Å². The summed E-state index contributed by atoms with van der Waals surface area (Å²) in [7, 11) is -1.30. The maximum Gasteiger partial charge on any atom is 0.264 e. The lowest BCUT2D eigenvalue weighted by Crippen LogP contribution is -2.51. The molecule has 41 heavy (non-hydrogen) atoms. The fourth-order valence-corrected chi connectivity index (χ4v) is 5.66. The molecule has 9 nitrogen and oxygen atoms in total. The summed E-state index contributed by atoms with van der Waals surface area (Å²) >= 11 is 6.26. The summed E-state index contributed by atoms with van der Waals surface area (Å²) < 4.78 is 39.5. The van der Waals surface area contributed by atoms with E-state index >= 15 is 0 Å². The molecular formula is C30H36ClN3O6S. The van der Waals surface area contributed by atoms with Crippen molar-refractivity contribution in [1.29, 1.82) is 0 Å². The Morgan fingerprint density at radius 1 is 0.927 bits per heavy atom. The highest BCUT2D eigenvalue weighted by molar-refractivity contribution is 7.92. The molecular weight excluding hydrogens is 566 g/mol. The van der Waals surface area contributed by atoms with Gasteiger partial charge in [0.1, 0.15) is 24.1 Å². The van der Waals surface area contributed by atoms with E-state index in [2.05, 4.69) is 5.32 Å². The predicted molar refractivity (Wildman–Crippen MR) is 160 cm³/mol. The molecule has 0 aliphatic heterocycles. The van der Waals surface area contributed by atoms with Crippen molar-refractivity contribution in [1.82, 2.24) is 10.2 Å². The maximum atomic E-state index is 14.0. The number of methoxy groups -OCH3 is 2. The number of anilines is 1. The molecule has 0 aliphatic rings. The summed E-state index contributed by atoms with van der Waals surface area (Å²) in [5.74, 6) is 0.125. The molecule has 3 aromatic carbocycles. The third kappa shape index (κ3) is 8.14. The van der Waals surface area contributed by atoms with Gasteiger partial charge in [0.15, 0.2) is 0 Å². The fourth-order valence-electron chi connectivity index (χ4n) is 4.05. The van der Waals surface area contributed by atoms with E-state index in [-0.39, 0.29) is 39.7 Å². The zero-order valence-corrected chi connectivity index (χ0v) is 25.4. The van der Waals surface area contributed by atoms with Crippen LogP contribution in [0.25, 0.3) is 0 Å². The zero-order chi connectivity index (χ0) is 30.2. The van der Waals surface area contributed by atoms with Crippen LogP contribution in [0.5, 0.6) is 11.5 Å². The van der Waals surface area contributed by atoms with E-state index in [9.17, 15) is 18.0 Å². The van der Waals surface area contributed by atoms with E-state index in [4.69, 9.17) is 21.1 Å². The van der Waals surface area contributed by atoms with Crippen LogP contribution in [0.1, 0.15) is 26.3 Å². The van der Waals surface area contributed by atoms with Crippen molar-refractivity contribution in [2.45, 2.75) is 38.3 Å². The van der Waals surface area contributed by atoms with Gasteiger partial charge in [-0.3, -0.25) is 13.9 Å². The minimum absolute atomic E-state index is 0.0146. The molecule has 3 rings (SSSR count). The Balaban J connectivity index is 2.06. The number of rotatable bonds is 13. The molecule has 0 saturated carbocycles. The van der Waals surface area contributed by atoms with Crippen LogP contribution >= 0.6 is 11.6 Å². The number of carbonyl (C=O) groups excluding carboxylic acids is 2. The van der Waals surface area contributed by atoms with Crippen LogP contribution in [0.4, 0.5) is 5.69 Å². The normalized spacial score (nSPS) is 12.0. The lowest BCUT2D eigenvalue weighted by atomic mass is 10.1. The maximum absolute atomic E-state index is 14.0. The number of amides is 2. The van der Waals surface area contributed by atoms with Gasteiger partial charge in [0.2, 0.25) is 11.8 Å². The van der Waals surface area contributed by atoms with Gasteiger partial charge < -0.3 is 19.7 Å². The van der Waals surface area contributed by atoms with Crippen molar-refractivity contribution in [3.8, 4) is 11.5 Å². The first-order valence-electron chi connectivity index (χ1n) is 13.1. The van der Waals surface area contributed by atoms with Crippen molar-refractivity contribution in [2.24, 2.45) is 5.92 Å². The third-order valence-corrected chi connectivity index (χ3v) is 8.39. The number of carbonyl (C=O) groups is 2. The molecule has 220 valence electrons. The van der Waals surface area contributed by atoms with Gasteiger partial charge >= 0.3 is 0 Å². The van der Waals surface area contributed by atoms with Gasteiger partial charge in [-0.1, -0.05) is 55.8 Å². The zero-order valence-electron chi connectivity index (χ0n) is 23.8. The van der Waals surface area contributed by atoms with Gasteiger partial charge in [0.05, 0.1) is 24.8 Å². The topological polar surface area (TPSA) is 105 Å². The molecule has 0 radical (unpaired) electrons. The van der Waals surface area contributed by atoms with Crippen LogP contribution in [-0.2, 0) is 26.2 Å². The number of nitrogens with one attached hydrogen (secondary N) is 1. The Morgan fingerprint density at radius 3 is 2.17 bits per heavy atom. The lowest BCUT2D eigenvalue weighted by Gasteiger charge is -2.32. The Labute approximate surface area is 247 Å². The number of hydrogen-bond donors (Lipinski definition) is 1. The van der Waals surface area contributed by atoms with Gasteiger partial charge in [0, 0.05) is 18.1 Å². The summed E-state index contributed by atoms with van der Waals surface area (Å²) in [6.07, 6.45) is 0. The second-order valence-electron chi connectivity index (χ2n) is 9.83. The highest BCUT2D eigenvalue weighted by atomic mass is 35.5. The Hall–Kier alpha value is -3.76. The molecule has 0 fully saturated rings. The van der Waals surface area contributed by atoms with Crippen LogP contribution in [0, 0.1) is 5.92 Å². The van der Waals surface area contributed by atoms with Crippen LogP contribution in [0.3, 0.4) is 0 Å². The molecule has 2 amide bonds. The first kappa shape index (κ1) is 31.8. The summed E-state index contributed by atoms with van der Waals surface area (Å²) in [5, 5.41) is 3.13. The first-order chi connectivity index (χ1) is 19.5. The van der Waals surface area contributed by atoms with Crippen molar-refractivity contribution in [2.75, 3.05) is 31.6 Å². The minimum atomic E-state index is -4.25. The van der Waals surface area contributed by atoms with Gasteiger partial charge in [0.25, 0.3) is 10.0 Å². The summed E-state index contributed by atoms with van der Waals surface area (Å²) in [5.41, 5.74) is 0.832. The monoisotopic (exact) mass is 601 g/mol. The highest BCUT2D eigenvalue weighted by Crippen LogP contribution is 2.35. The van der Waals surface area contributed by atoms with Crippen LogP contribution < -0.4 is 19.1 Å². The predicted octanol–water partition coefficient (Wildman–Crippen LogP) is 4.74. The van der Waals surface area contributed by atoms with Crippen molar-refractivity contribution in [3.05, 3.63) is 83.4 Å². The average Bonchev–Trinajstić information content (AvgIpc) is 2.97. The van der Waals surface area contributed by atoms with Crippen LogP contribution in [-0.4, -0.2) is 58.5 Å². The molecule has 1 atom stereocenters. The third-order valence-electron chi connectivity index (χ3n) is 6.38. The lowest BCUT2D eigenvalue weighted by molar-refractivity contribution is -0.139. The van der Waals surface area contributed by atoms with E-state index in [1.54, 1.807) is 62.6 Å². The van der Waals surface area contributed by atoms with E-state index < -0.39 is 28.5 Å². The number of nitrogens with zero attached hydrogens (tertiary/aromatic N) is 2. The van der Waals surface area contributed by atoms with E-state index in [0.717, 1.165) is 9.87 Å². The second kappa shape index (κ2) is 14.2. The Morgan fingerprint density at radius 2 is 1.59 bits per heavy atom. The molecule has 0 aromatic heterocycles. The van der Waals surface area contributed by atoms with E-state index in [1.165, 1.54) is 36.3 Å². The number of sulfonamides is 1. The summed E-state index contributed by atoms with van der Waals surface area (Å²) in [6, 6.07) is 18.5. The number of halogens is 1. The highest BCUT2D eigenvalue weighted by Gasteiger charge is 2.34. The van der Waals surface area contributed by atoms with Crippen molar-refractivity contribution in [3.63, 3.8) is 0 Å². The molecule has 0 bridgehead atoms. The number of hydrogen-bond acceptors (Lipinski definition) is 6. The molecule has 3 aromatic rings. The molecule has 1 unspecified atom stereocenters. The van der Waals surface area contributed by atoms with E-state index in [0.29, 0.717) is 12.3 Å². The van der Waals surface area contributed by atoms with Gasteiger partial charge in [-0.05, 0) is 60.9 Å². The molecule has 0 aliphatic carbocycles. The van der Waals surface area contributed by atoms with Gasteiger partial charge in [-0.2, -0.15) is 0 Å². The molecule has 0 saturated heterocycles. The summed E-state index contributed by atoms with van der Waals surface area (Å²) in [6.45, 7) is 5.44. The summed E-state index contributed by atoms with van der Waals surface area (Å²) in [4.78, 5) is 28.5. The van der Waals surface area contributed by atoms with Crippen LogP contribution in [0.15, 0.2) is 77.7 Å². The quantitative estimate of drug-likeness (QED) is 0.303. The number of benzene rings is 3. The standard InChI is InChI=1S/C30H36ClN3O6S/c1-21(2)18-32-30(36)22(3)33(19-23-11-14-25(39-4)15-12-23)29(35)20-34(27-17-24(31)13-16-28(27)40-5)41(37,38)26-9-7-6-8-10-26/h6-17,21-22H,18-20H2,1-5H3,(H,32,36). The van der Waals surface area contributed by atoms with Gasteiger partial charge in [-0.25, -0.2) is 8.42 Å². The van der Waals surface area contributed by atoms with Crippen molar-refractivity contribution < 1.29 is 27.5 Å². The Kier molecular flexibility index (Phi) is 11.0. The molecule has 0 heterocycles. The van der Waals surface area contributed by atoms with Crippen molar-refractivity contribution >= 4 is 39.1 Å². The van der Waals surface area contributed by atoms with Gasteiger partial charge in [-0.15, -0.1) is 0 Å². The fraction of sp³-hybridized carbons (Fsp3) is 0.333. The minimum Gasteiger partial charge on any atom is -0.497 e. The Bertz CT molecular complexity index is 1430. The molecule has 0 spiro atoms. The average molecular weight is 602 g/mol. The number of ether oxygens (including phenoxy) is 2. The molecule has 1 N–H and O–H groups in total.